The fourth-order valence-electron chi connectivity index (χ4n) is 3.10. The number of hydrogen-bond acceptors (Lipinski definition) is 3. The quantitative estimate of drug-likeness (QED) is 0.547. The molecule has 0 aliphatic carbocycles. The van der Waals surface area contributed by atoms with Gasteiger partial charge in [0.1, 0.15) is 0 Å². The number of nitrogens with zero attached hydrogens (tertiary/aromatic N) is 3. The van der Waals surface area contributed by atoms with Crippen molar-refractivity contribution in [1.29, 1.82) is 0 Å². The van der Waals surface area contributed by atoms with Crippen LogP contribution in [0.2, 0.25) is 0 Å². The summed E-state index contributed by atoms with van der Waals surface area (Å²) in [7, 11) is 0. The van der Waals surface area contributed by atoms with Crippen LogP contribution in [0, 0.1) is 6.92 Å². The van der Waals surface area contributed by atoms with Crippen LogP contribution in [0.1, 0.15) is 82.3 Å². The van der Waals surface area contributed by atoms with Gasteiger partial charge in [0.15, 0.2) is 0 Å². The third-order valence-electron chi connectivity index (χ3n) is 4.58. The van der Waals surface area contributed by atoms with Gasteiger partial charge in [0.2, 0.25) is 0 Å². The molecule has 144 valence electrons. The summed E-state index contributed by atoms with van der Waals surface area (Å²) in [4.78, 5) is 15.0. The highest BCUT2D eigenvalue weighted by Gasteiger charge is 2.17. The molecule has 5 nitrogen and oxygen atoms in total. The summed E-state index contributed by atoms with van der Waals surface area (Å²) in [6.07, 6.45) is 9.38. The molecular formula is C20H38N4O. The molecule has 1 heterocycles. The minimum absolute atomic E-state index is 0.00762. The number of amides is 1. The van der Waals surface area contributed by atoms with Crippen LogP contribution in [0.5, 0.6) is 0 Å². The van der Waals surface area contributed by atoms with E-state index in [2.05, 4.69) is 36.1 Å². The van der Waals surface area contributed by atoms with Crippen LogP contribution in [0.4, 0.5) is 0 Å². The number of carbonyl (C=O) groups is 1. The molecule has 5 heteroatoms. The summed E-state index contributed by atoms with van der Waals surface area (Å²) >= 11 is 0. The molecule has 25 heavy (non-hydrogen) atoms. The minimum Gasteiger partial charge on any atom is -0.348 e. The lowest BCUT2D eigenvalue weighted by Crippen LogP contribution is -2.42. The molecule has 0 aromatic carbocycles. The van der Waals surface area contributed by atoms with Gasteiger partial charge in [-0.3, -0.25) is 9.48 Å². The van der Waals surface area contributed by atoms with Gasteiger partial charge >= 0.3 is 0 Å². The van der Waals surface area contributed by atoms with Gasteiger partial charge < -0.3 is 10.2 Å². The van der Waals surface area contributed by atoms with E-state index < -0.39 is 0 Å². The maximum Gasteiger partial charge on any atom is 0.254 e. The molecule has 0 spiro atoms. The Morgan fingerprint density at radius 1 is 1.16 bits per heavy atom. The summed E-state index contributed by atoms with van der Waals surface area (Å²) in [5.41, 5.74) is 1.49. The van der Waals surface area contributed by atoms with Crippen molar-refractivity contribution in [3.05, 3.63) is 17.5 Å². The summed E-state index contributed by atoms with van der Waals surface area (Å²) in [5.74, 6) is -0.00762. The Labute approximate surface area is 154 Å². The van der Waals surface area contributed by atoms with Gasteiger partial charge in [-0.2, -0.15) is 5.10 Å². The minimum atomic E-state index is -0.00762. The van der Waals surface area contributed by atoms with E-state index in [1.54, 1.807) is 0 Å². The average Bonchev–Trinajstić information content (AvgIpc) is 2.96. The molecule has 1 N–H and O–H groups in total. The lowest BCUT2D eigenvalue weighted by molar-refractivity contribution is 0.0927. The van der Waals surface area contributed by atoms with E-state index in [-0.39, 0.29) is 11.9 Å². The molecule has 0 radical (unpaired) electrons. The Balaban J connectivity index is 2.54. The first kappa shape index (κ1) is 21.7. The maximum absolute atomic E-state index is 12.5. The zero-order valence-electron chi connectivity index (χ0n) is 17.0. The molecule has 1 rings (SSSR count). The Morgan fingerprint density at radius 3 is 2.24 bits per heavy atom. The molecule has 0 saturated carbocycles. The highest BCUT2D eigenvalue weighted by Crippen LogP contribution is 2.07. The average molecular weight is 351 g/mol. The number of carbonyl (C=O) groups excluding carboxylic acids is 1. The first-order valence-electron chi connectivity index (χ1n) is 10.1. The van der Waals surface area contributed by atoms with Gasteiger partial charge in [0, 0.05) is 25.3 Å². The first-order chi connectivity index (χ1) is 12.0. The van der Waals surface area contributed by atoms with E-state index in [9.17, 15) is 4.79 Å². The van der Waals surface area contributed by atoms with Gasteiger partial charge in [-0.05, 0) is 46.7 Å². The Morgan fingerprint density at radius 2 is 1.76 bits per heavy atom. The van der Waals surface area contributed by atoms with Gasteiger partial charge in [-0.1, -0.05) is 39.5 Å². The van der Waals surface area contributed by atoms with Crippen LogP contribution in [-0.2, 0) is 6.54 Å². The third-order valence-corrected chi connectivity index (χ3v) is 4.58. The summed E-state index contributed by atoms with van der Waals surface area (Å²) < 4.78 is 1.82. The molecule has 0 fully saturated rings. The molecule has 0 aliphatic rings. The molecule has 1 amide bonds. The number of nitrogens with one attached hydrogen (secondary N) is 1. The van der Waals surface area contributed by atoms with E-state index in [4.69, 9.17) is 0 Å². The van der Waals surface area contributed by atoms with Crippen molar-refractivity contribution in [2.24, 2.45) is 0 Å². The number of aryl methyl sites for hydroxylation is 2. The first-order valence-corrected chi connectivity index (χ1v) is 10.1. The van der Waals surface area contributed by atoms with Crippen LogP contribution in [-0.4, -0.2) is 46.3 Å². The standard InChI is InChI=1S/C20H38N4O/c1-6-9-11-13-23(14-12-10-7-2)15-17(4)21-20(25)19-16-24(8-3)22-18(19)5/h16-17H,6-15H2,1-5H3,(H,21,25). The highest BCUT2D eigenvalue weighted by atomic mass is 16.1. The molecular weight excluding hydrogens is 312 g/mol. The van der Waals surface area contributed by atoms with Crippen molar-refractivity contribution in [3.8, 4) is 0 Å². The van der Waals surface area contributed by atoms with Gasteiger partial charge in [-0.15, -0.1) is 0 Å². The number of unbranched alkanes of at least 4 members (excludes halogenated alkanes) is 4. The van der Waals surface area contributed by atoms with Crippen LogP contribution < -0.4 is 5.32 Å². The van der Waals surface area contributed by atoms with Crippen molar-refractivity contribution in [2.45, 2.75) is 85.7 Å². The Bertz CT molecular complexity index is 488. The van der Waals surface area contributed by atoms with Crippen molar-refractivity contribution in [2.75, 3.05) is 19.6 Å². The van der Waals surface area contributed by atoms with Crippen molar-refractivity contribution in [1.82, 2.24) is 20.0 Å². The summed E-state index contributed by atoms with van der Waals surface area (Å²) in [5, 5.41) is 7.52. The molecule has 1 aromatic heterocycles. The lowest BCUT2D eigenvalue weighted by atomic mass is 10.2. The molecule has 0 saturated heterocycles. The lowest BCUT2D eigenvalue weighted by Gasteiger charge is -2.26. The van der Waals surface area contributed by atoms with Crippen LogP contribution in [0.3, 0.4) is 0 Å². The topological polar surface area (TPSA) is 50.2 Å². The van der Waals surface area contributed by atoms with Crippen molar-refractivity contribution >= 4 is 5.91 Å². The zero-order chi connectivity index (χ0) is 18.7. The van der Waals surface area contributed by atoms with Gasteiger partial charge in [0.25, 0.3) is 5.91 Å². The third kappa shape index (κ3) is 8.04. The molecule has 1 aromatic rings. The van der Waals surface area contributed by atoms with Crippen LogP contribution in [0.15, 0.2) is 6.20 Å². The Hall–Kier alpha value is -1.36. The fourth-order valence-corrected chi connectivity index (χ4v) is 3.10. The molecule has 0 bridgehead atoms. The summed E-state index contributed by atoms with van der Waals surface area (Å²) in [6.45, 7) is 14.5. The maximum atomic E-state index is 12.5. The fraction of sp³-hybridized carbons (Fsp3) is 0.800. The van der Waals surface area contributed by atoms with E-state index in [0.29, 0.717) is 5.56 Å². The Kier molecular flexibility index (Phi) is 10.5. The monoisotopic (exact) mass is 350 g/mol. The predicted molar refractivity (Wildman–Crippen MR) is 105 cm³/mol. The van der Waals surface area contributed by atoms with Gasteiger partial charge in [0.05, 0.1) is 11.3 Å². The normalized spacial score (nSPS) is 12.6. The second-order valence-electron chi connectivity index (χ2n) is 7.07. The van der Waals surface area contributed by atoms with Crippen molar-refractivity contribution in [3.63, 3.8) is 0 Å². The van der Waals surface area contributed by atoms with E-state index >= 15 is 0 Å². The van der Waals surface area contributed by atoms with Gasteiger partial charge in [-0.25, -0.2) is 0 Å². The van der Waals surface area contributed by atoms with E-state index in [0.717, 1.165) is 31.9 Å². The number of aromatic nitrogens is 2. The number of rotatable bonds is 13. The largest absolute Gasteiger partial charge is 0.348 e. The molecule has 1 atom stereocenters. The highest BCUT2D eigenvalue weighted by molar-refractivity contribution is 5.95. The predicted octanol–water partition coefficient (Wildman–Crippen LogP) is 4.01. The second kappa shape index (κ2) is 12.1. The van der Waals surface area contributed by atoms with Crippen LogP contribution in [0.25, 0.3) is 0 Å². The van der Waals surface area contributed by atoms with Crippen molar-refractivity contribution < 1.29 is 4.79 Å². The molecule has 1 unspecified atom stereocenters. The van der Waals surface area contributed by atoms with E-state index in [1.807, 2.05) is 24.7 Å². The van der Waals surface area contributed by atoms with Crippen LogP contribution >= 0.6 is 0 Å². The second-order valence-corrected chi connectivity index (χ2v) is 7.07. The zero-order valence-corrected chi connectivity index (χ0v) is 17.0. The summed E-state index contributed by atoms with van der Waals surface area (Å²) in [6, 6.07) is 0.139. The molecule has 0 aliphatic heterocycles. The van der Waals surface area contributed by atoms with E-state index in [1.165, 1.54) is 38.5 Å². The smallest absolute Gasteiger partial charge is 0.254 e. The SMILES string of the molecule is CCCCCN(CCCCC)CC(C)NC(=O)c1cn(CC)nc1C. The number of hydrogen-bond donors (Lipinski definition) is 1.